The fourth-order valence-electron chi connectivity index (χ4n) is 1.59. The molecule has 1 fully saturated rings. The number of rotatable bonds is 4. The normalized spacial score (nSPS) is 23.9. The lowest BCUT2D eigenvalue weighted by Crippen LogP contribution is -2.43. The Kier molecular flexibility index (Phi) is 4.75. The van der Waals surface area contributed by atoms with Crippen LogP contribution in [0.15, 0.2) is 0 Å². The topological polar surface area (TPSA) is 29.5 Å². The molecule has 0 spiro atoms. The number of hydrogen-bond acceptors (Lipinski definition) is 4. The Balaban J connectivity index is 2.41. The first kappa shape index (κ1) is 11.9. The zero-order chi connectivity index (χ0) is 10.6. The second-order valence-corrected chi connectivity index (χ2v) is 4.76. The van der Waals surface area contributed by atoms with Crippen LogP contribution in [0.25, 0.3) is 0 Å². The van der Waals surface area contributed by atoms with E-state index in [1.54, 1.807) is 0 Å². The number of likely N-dealkylation sites (N-methyl/N-ethyl adjacent to an activating group) is 1. The van der Waals surface area contributed by atoms with E-state index in [1.165, 1.54) is 12.2 Å². The van der Waals surface area contributed by atoms with E-state index in [0.29, 0.717) is 12.6 Å². The summed E-state index contributed by atoms with van der Waals surface area (Å²) in [5, 5.41) is 0. The van der Waals surface area contributed by atoms with Gasteiger partial charge in [-0.3, -0.25) is 9.69 Å². The number of thioether (sulfide) groups is 1. The van der Waals surface area contributed by atoms with E-state index in [1.807, 2.05) is 32.7 Å². The van der Waals surface area contributed by atoms with Gasteiger partial charge >= 0.3 is 5.97 Å². The van der Waals surface area contributed by atoms with Crippen molar-refractivity contribution in [1.29, 1.82) is 0 Å². The Bertz CT molecular complexity index is 193. The lowest BCUT2D eigenvalue weighted by Gasteiger charge is -2.28. The maximum Gasteiger partial charge on any atom is 0.323 e. The lowest BCUT2D eigenvalue weighted by atomic mass is 10.2. The molecule has 0 amide bonds. The average molecular weight is 217 g/mol. The molecule has 0 aromatic rings. The van der Waals surface area contributed by atoms with Crippen LogP contribution in [-0.4, -0.2) is 48.1 Å². The van der Waals surface area contributed by atoms with Crippen molar-refractivity contribution in [2.24, 2.45) is 0 Å². The van der Waals surface area contributed by atoms with Gasteiger partial charge in [-0.1, -0.05) is 0 Å². The highest BCUT2D eigenvalue weighted by Crippen LogP contribution is 2.22. The predicted molar refractivity (Wildman–Crippen MR) is 59.6 cm³/mol. The molecule has 0 aliphatic carbocycles. The van der Waals surface area contributed by atoms with Crippen LogP contribution in [0, 0.1) is 0 Å². The van der Waals surface area contributed by atoms with Crippen molar-refractivity contribution in [2.45, 2.75) is 32.4 Å². The number of carbonyl (C=O) groups excluding carboxylic acids is 1. The third kappa shape index (κ3) is 2.89. The monoisotopic (exact) mass is 217 g/mol. The molecule has 14 heavy (non-hydrogen) atoms. The third-order valence-electron chi connectivity index (χ3n) is 2.72. The molecule has 1 heterocycles. The molecule has 0 aromatic heterocycles. The zero-order valence-corrected chi connectivity index (χ0v) is 9.97. The summed E-state index contributed by atoms with van der Waals surface area (Å²) in [5.41, 5.74) is 0. The van der Waals surface area contributed by atoms with Gasteiger partial charge in [-0.05, 0) is 33.1 Å². The Labute approximate surface area is 90.2 Å². The molecule has 82 valence electrons. The van der Waals surface area contributed by atoms with Crippen LogP contribution in [0.3, 0.4) is 0 Å². The van der Waals surface area contributed by atoms with E-state index in [0.717, 1.165) is 5.75 Å². The van der Waals surface area contributed by atoms with Crippen LogP contribution in [0.4, 0.5) is 0 Å². The quantitative estimate of drug-likeness (QED) is 0.665. The number of carbonyl (C=O) groups is 1. The summed E-state index contributed by atoms with van der Waals surface area (Å²) in [7, 11) is 2.01. The van der Waals surface area contributed by atoms with Gasteiger partial charge in [0.1, 0.15) is 6.04 Å². The smallest absolute Gasteiger partial charge is 0.323 e. The molecule has 1 rings (SSSR count). The van der Waals surface area contributed by atoms with Crippen molar-refractivity contribution in [3.63, 3.8) is 0 Å². The van der Waals surface area contributed by atoms with Gasteiger partial charge in [-0.15, -0.1) is 0 Å². The second-order valence-electron chi connectivity index (χ2n) is 3.61. The van der Waals surface area contributed by atoms with E-state index in [-0.39, 0.29) is 12.0 Å². The fraction of sp³-hybridized carbons (Fsp3) is 0.900. The van der Waals surface area contributed by atoms with Crippen molar-refractivity contribution in [3.05, 3.63) is 0 Å². The molecule has 0 radical (unpaired) electrons. The fourth-order valence-corrected chi connectivity index (χ4v) is 2.87. The van der Waals surface area contributed by atoms with Crippen molar-refractivity contribution >= 4 is 17.7 Å². The molecule has 1 aliphatic heterocycles. The van der Waals surface area contributed by atoms with Crippen molar-refractivity contribution in [2.75, 3.05) is 25.2 Å². The van der Waals surface area contributed by atoms with Crippen LogP contribution >= 0.6 is 11.8 Å². The first-order chi connectivity index (χ1) is 6.66. The van der Waals surface area contributed by atoms with Crippen LogP contribution in [0.2, 0.25) is 0 Å². The minimum Gasteiger partial charge on any atom is -0.465 e. The Morgan fingerprint density at radius 2 is 2.43 bits per heavy atom. The van der Waals surface area contributed by atoms with Gasteiger partial charge in [0.25, 0.3) is 0 Å². The highest BCUT2D eigenvalue weighted by Gasteiger charge is 2.27. The summed E-state index contributed by atoms with van der Waals surface area (Å²) in [6, 6.07) is 0.429. The molecule has 0 aromatic carbocycles. The summed E-state index contributed by atoms with van der Waals surface area (Å²) in [6.07, 6.45) is 1.19. The zero-order valence-electron chi connectivity index (χ0n) is 9.16. The molecule has 3 nitrogen and oxygen atoms in total. The number of esters is 1. The van der Waals surface area contributed by atoms with Crippen molar-refractivity contribution in [3.8, 4) is 0 Å². The van der Waals surface area contributed by atoms with Crippen molar-refractivity contribution < 1.29 is 9.53 Å². The molecule has 0 saturated carbocycles. The number of nitrogens with zero attached hydrogens (tertiary/aromatic N) is 1. The summed E-state index contributed by atoms with van der Waals surface area (Å²) < 4.78 is 5.00. The highest BCUT2D eigenvalue weighted by atomic mass is 32.2. The van der Waals surface area contributed by atoms with Crippen LogP contribution < -0.4 is 0 Å². The minimum absolute atomic E-state index is 0.105. The molecule has 1 aliphatic rings. The van der Waals surface area contributed by atoms with Crippen LogP contribution in [0.1, 0.15) is 20.3 Å². The van der Waals surface area contributed by atoms with Gasteiger partial charge in [0.2, 0.25) is 0 Å². The molecule has 4 heteroatoms. The largest absolute Gasteiger partial charge is 0.465 e. The van der Waals surface area contributed by atoms with Crippen LogP contribution in [-0.2, 0) is 9.53 Å². The average Bonchev–Trinajstić information content (AvgIpc) is 2.68. The van der Waals surface area contributed by atoms with Gasteiger partial charge in [-0.25, -0.2) is 0 Å². The molecule has 2 unspecified atom stereocenters. The Morgan fingerprint density at radius 1 is 1.71 bits per heavy atom. The standard InChI is InChI=1S/C10H19NO2S/c1-4-13-10(12)8(2)11(3)9-5-6-14-7-9/h8-9H,4-7H2,1-3H3. The van der Waals surface area contributed by atoms with Gasteiger partial charge in [0, 0.05) is 11.8 Å². The molecule has 0 N–H and O–H groups in total. The third-order valence-corrected chi connectivity index (χ3v) is 3.87. The summed E-state index contributed by atoms with van der Waals surface area (Å²) in [4.78, 5) is 13.6. The minimum atomic E-state index is -0.112. The van der Waals surface area contributed by atoms with Gasteiger partial charge in [0.15, 0.2) is 0 Å². The number of ether oxygens (including phenoxy) is 1. The van der Waals surface area contributed by atoms with E-state index < -0.39 is 0 Å². The summed E-state index contributed by atoms with van der Waals surface area (Å²) >= 11 is 1.96. The van der Waals surface area contributed by atoms with Gasteiger partial charge in [0.05, 0.1) is 6.61 Å². The molecular formula is C10H19NO2S. The van der Waals surface area contributed by atoms with Crippen molar-refractivity contribution in [1.82, 2.24) is 4.90 Å². The van der Waals surface area contributed by atoms with E-state index in [2.05, 4.69) is 4.90 Å². The predicted octanol–water partition coefficient (Wildman–Crippen LogP) is 1.38. The first-order valence-corrected chi connectivity index (χ1v) is 6.28. The van der Waals surface area contributed by atoms with E-state index >= 15 is 0 Å². The second kappa shape index (κ2) is 5.61. The molecule has 0 bridgehead atoms. The van der Waals surface area contributed by atoms with E-state index in [9.17, 15) is 4.79 Å². The Morgan fingerprint density at radius 3 is 2.93 bits per heavy atom. The van der Waals surface area contributed by atoms with Gasteiger partial charge < -0.3 is 4.74 Å². The maximum atomic E-state index is 11.5. The SMILES string of the molecule is CCOC(=O)C(C)N(C)C1CCSC1. The van der Waals surface area contributed by atoms with E-state index in [4.69, 9.17) is 4.74 Å². The summed E-state index contributed by atoms with van der Waals surface area (Å²) in [6.45, 7) is 4.23. The molecule has 2 atom stereocenters. The van der Waals surface area contributed by atoms with Crippen LogP contribution in [0.5, 0.6) is 0 Å². The Hall–Kier alpha value is -0.220. The number of hydrogen-bond donors (Lipinski definition) is 0. The van der Waals surface area contributed by atoms with Gasteiger partial charge in [-0.2, -0.15) is 11.8 Å². The first-order valence-electron chi connectivity index (χ1n) is 5.13. The molecular weight excluding hydrogens is 198 g/mol. The lowest BCUT2D eigenvalue weighted by molar-refractivity contribution is -0.149. The highest BCUT2D eigenvalue weighted by molar-refractivity contribution is 7.99. The summed E-state index contributed by atoms with van der Waals surface area (Å²) in [5.74, 6) is 2.25. The maximum absolute atomic E-state index is 11.5. The molecule has 1 saturated heterocycles.